The van der Waals surface area contributed by atoms with Gasteiger partial charge in [-0.3, -0.25) is 23.4 Å². The van der Waals surface area contributed by atoms with Crippen LogP contribution in [0.25, 0.3) is 0 Å². The summed E-state index contributed by atoms with van der Waals surface area (Å²) in [7, 11) is -4.72. The number of ether oxygens (including phenoxy) is 2. The maximum atomic E-state index is 12.5. The van der Waals surface area contributed by atoms with Gasteiger partial charge >= 0.3 is 25.7 Å². The molecule has 0 aliphatic heterocycles. The van der Waals surface area contributed by atoms with Crippen LogP contribution in [0, 0.1) is 0 Å². The SMILES string of the molecule is CCCCCC=CCC=CCC=CCC=CCCCC(=O)OCC(COP(=O)(O)OCC(N)C(=O)O)OC(=O)CCCCCCCCCCCCC. The second-order valence-electron chi connectivity index (χ2n) is 13.1. The summed E-state index contributed by atoms with van der Waals surface area (Å²) in [5.41, 5.74) is 5.31. The fourth-order valence-electron chi connectivity index (χ4n) is 4.94. The first-order chi connectivity index (χ1) is 25.1. The first-order valence-electron chi connectivity index (χ1n) is 19.7. The highest BCUT2D eigenvalue weighted by Gasteiger charge is 2.28. The standard InChI is InChI=1S/C40H70NO10P/c1-3-5-7-9-11-13-15-16-17-18-19-20-22-23-25-27-29-31-38(42)48-33-36(34-49-52(46,47)50-35-37(41)40(44)45)51-39(43)32-30-28-26-24-21-14-12-10-8-6-4-2/h11,13,16-17,19-20,23,25,36-37H,3-10,12,14-15,18,21-22,24,26-35,41H2,1-2H3,(H,44,45)(H,46,47). The number of hydrogen-bond acceptors (Lipinski definition) is 9. The Kier molecular flexibility index (Phi) is 33.7. The van der Waals surface area contributed by atoms with Crippen LogP contribution in [0.1, 0.15) is 155 Å². The van der Waals surface area contributed by atoms with Gasteiger partial charge in [-0.25, -0.2) is 4.57 Å². The fourth-order valence-corrected chi connectivity index (χ4v) is 5.72. The zero-order valence-corrected chi connectivity index (χ0v) is 33.0. The number of phosphoric acid groups is 1. The van der Waals surface area contributed by atoms with Gasteiger partial charge in [0.1, 0.15) is 12.6 Å². The number of unbranched alkanes of at least 4 members (excludes halogenated alkanes) is 14. The van der Waals surface area contributed by atoms with Crippen LogP contribution in [0.2, 0.25) is 0 Å². The third-order valence-corrected chi connectivity index (χ3v) is 9.03. The number of hydrogen-bond donors (Lipinski definition) is 3. The minimum atomic E-state index is -4.72. The Hall–Kier alpha value is -2.56. The lowest BCUT2D eigenvalue weighted by molar-refractivity contribution is -0.161. The van der Waals surface area contributed by atoms with Crippen molar-refractivity contribution < 1.29 is 47.5 Å². The summed E-state index contributed by atoms with van der Waals surface area (Å²) < 4.78 is 32.5. The maximum Gasteiger partial charge on any atom is 0.472 e. The molecule has 0 aromatic heterocycles. The van der Waals surface area contributed by atoms with Gasteiger partial charge in [-0.1, -0.05) is 140 Å². The van der Waals surface area contributed by atoms with Gasteiger partial charge in [-0.2, -0.15) is 0 Å². The van der Waals surface area contributed by atoms with Crippen molar-refractivity contribution >= 4 is 25.7 Å². The van der Waals surface area contributed by atoms with Crippen LogP contribution in [0.5, 0.6) is 0 Å². The molecule has 0 aromatic rings. The van der Waals surface area contributed by atoms with E-state index in [4.69, 9.17) is 24.8 Å². The molecule has 300 valence electrons. The first-order valence-corrected chi connectivity index (χ1v) is 21.2. The minimum absolute atomic E-state index is 0.146. The van der Waals surface area contributed by atoms with Crippen LogP contribution in [0.15, 0.2) is 48.6 Å². The molecular formula is C40H70NO10P. The number of carboxylic acids is 1. The van der Waals surface area contributed by atoms with E-state index in [0.29, 0.717) is 19.3 Å². The summed E-state index contributed by atoms with van der Waals surface area (Å²) in [5, 5.41) is 8.86. The number of esters is 2. The van der Waals surface area contributed by atoms with E-state index in [1.54, 1.807) is 0 Å². The minimum Gasteiger partial charge on any atom is -0.480 e. The van der Waals surface area contributed by atoms with E-state index in [-0.39, 0.29) is 19.4 Å². The average Bonchev–Trinajstić information content (AvgIpc) is 3.12. The van der Waals surface area contributed by atoms with Crippen LogP contribution in [-0.4, -0.2) is 59.9 Å². The van der Waals surface area contributed by atoms with Crippen molar-refractivity contribution in [1.29, 1.82) is 0 Å². The van der Waals surface area contributed by atoms with Gasteiger partial charge in [0, 0.05) is 12.8 Å². The molecule has 4 N–H and O–H groups in total. The molecule has 52 heavy (non-hydrogen) atoms. The summed E-state index contributed by atoms with van der Waals surface area (Å²) in [6.45, 7) is 2.69. The molecule has 0 amide bonds. The van der Waals surface area contributed by atoms with Crippen molar-refractivity contribution in [1.82, 2.24) is 0 Å². The van der Waals surface area contributed by atoms with Crippen molar-refractivity contribution in [3.63, 3.8) is 0 Å². The van der Waals surface area contributed by atoms with E-state index in [9.17, 15) is 23.8 Å². The van der Waals surface area contributed by atoms with Crippen molar-refractivity contribution in [3.05, 3.63) is 48.6 Å². The van der Waals surface area contributed by atoms with E-state index in [1.165, 1.54) is 64.2 Å². The number of allylic oxidation sites excluding steroid dienone is 8. The van der Waals surface area contributed by atoms with Gasteiger partial charge in [0.2, 0.25) is 0 Å². The largest absolute Gasteiger partial charge is 0.480 e. The molecule has 3 unspecified atom stereocenters. The number of rotatable bonds is 36. The molecule has 3 atom stereocenters. The summed E-state index contributed by atoms with van der Waals surface area (Å²) in [4.78, 5) is 45.7. The zero-order chi connectivity index (χ0) is 38.5. The van der Waals surface area contributed by atoms with Crippen LogP contribution in [0.4, 0.5) is 0 Å². The Morgan fingerprint density at radius 2 is 1.04 bits per heavy atom. The molecule has 0 aliphatic carbocycles. The van der Waals surface area contributed by atoms with Crippen LogP contribution < -0.4 is 5.73 Å². The summed E-state index contributed by atoms with van der Waals surface area (Å²) in [6, 6.07) is -1.53. The van der Waals surface area contributed by atoms with E-state index in [2.05, 4.69) is 54.8 Å². The number of carbonyl (C=O) groups is 3. The Labute approximate surface area is 314 Å². The highest BCUT2D eigenvalue weighted by molar-refractivity contribution is 7.47. The predicted molar refractivity (Wildman–Crippen MR) is 208 cm³/mol. The van der Waals surface area contributed by atoms with Gasteiger partial charge in [-0.05, 0) is 51.4 Å². The number of phosphoric ester groups is 1. The Bertz CT molecular complexity index is 1070. The van der Waals surface area contributed by atoms with Crippen LogP contribution >= 0.6 is 7.82 Å². The number of nitrogens with two attached hydrogens (primary N) is 1. The van der Waals surface area contributed by atoms with E-state index in [0.717, 1.165) is 44.9 Å². The normalized spacial score (nSPS) is 14.4. The van der Waals surface area contributed by atoms with E-state index in [1.807, 2.05) is 12.2 Å². The second-order valence-corrected chi connectivity index (χ2v) is 14.5. The molecule has 0 aromatic carbocycles. The lowest BCUT2D eigenvalue weighted by atomic mass is 10.1. The first kappa shape index (κ1) is 49.4. The molecule has 11 nitrogen and oxygen atoms in total. The number of carbonyl (C=O) groups excluding carboxylic acids is 2. The monoisotopic (exact) mass is 755 g/mol. The molecule has 12 heteroatoms. The molecule has 0 fully saturated rings. The maximum absolute atomic E-state index is 12.5. The van der Waals surface area contributed by atoms with Crippen molar-refractivity contribution in [3.8, 4) is 0 Å². The molecule has 0 radical (unpaired) electrons. The quantitative estimate of drug-likeness (QED) is 0.0241. The predicted octanol–water partition coefficient (Wildman–Crippen LogP) is 9.83. The summed E-state index contributed by atoms with van der Waals surface area (Å²) >= 11 is 0. The van der Waals surface area contributed by atoms with Crippen LogP contribution in [-0.2, 0) is 37.5 Å². The lowest BCUT2D eigenvalue weighted by Crippen LogP contribution is -2.34. The fraction of sp³-hybridized carbons (Fsp3) is 0.725. The second kappa shape index (κ2) is 35.5. The van der Waals surface area contributed by atoms with Gasteiger partial charge in [0.05, 0.1) is 13.2 Å². The molecule has 0 heterocycles. The summed E-state index contributed by atoms with van der Waals surface area (Å²) in [6.07, 6.45) is 37.6. The van der Waals surface area contributed by atoms with Gasteiger partial charge in [0.25, 0.3) is 0 Å². The van der Waals surface area contributed by atoms with Gasteiger partial charge in [0.15, 0.2) is 6.10 Å². The Balaban J connectivity index is 4.51. The average molecular weight is 756 g/mol. The number of aliphatic carboxylic acids is 1. The van der Waals surface area contributed by atoms with Crippen molar-refractivity contribution in [2.45, 2.75) is 167 Å². The van der Waals surface area contributed by atoms with Gasteiger partial charge in [-0.15, -0.1) is 0 Å². The van der Waals surface area contributed by atoms with Crippen molar-refractivity contribution in [2.24, 2.45) is 5.73 Å². The lowest BCUT2D eigenvalue weighted by Gasteiger charge is -2.20. The third-order valence-electron chi connectivity index (χ3n) is 8.08. The molecule has 0 bridgehead atoms. The highest BCUT2D eigenvalue weighted by Crippen LogP contribution is 2.43. The van der Waals surface area contributed by atoms with E-state index < -0.39 is 51.1 Å². The molecular weight excluding hydrogens is 685 g/mol. The summed E-state index contributed by atoms with van der Waals surface area (Å²) in [5.74, 6) is -2.45. The Morgan fingerprint density at radius 3 is 1.58 bits per heavy atom. The zero-order valence-electron chi connectivity index (χ0n) is 32.1. The molecule has 0 saturated heterocycles. The smallest absolute Gasteiger partial charge is 0.472 e. The van der Waals surface area contributed by atoms with Crippen LogP contribution in [0.3, 0.4) is 0 Å². The molecule has 0 spiro atoms. The number of carboxylic acid groups (broad SMARTS) is 1. The molecule has 0 saturated carbocycles. The molecule has 0 aliphatic rings. The van der Waals surface area contributed by atoms with Crippen molar-refractivity contribution in [2.75, 3.05) is 19.8 Å². The topological polar surface area (TPSA) is 172 Å². The molecule has 0 rings (SSSR count). The third kappa shape index (κ3) is 34.5. The van der Waals surface area contributed by atoms with E-state index >= 15 is 0 Å². The van der Waals surface area contributed by atoms with Gasteiger partial charge < -0.3 is 25.2 Å². The Morgan fingerprint density at radius 1 is 0.596 bits per heavy atom. The highest BCUT2D eigenvalue weighted by atomic mass is 31.2.